The minimum Gasteiger partial charge on any atom is -0.492 e. The first-order chi connectivity index (χ1) is 16.3. The highest BCUT2D eigenvalue weighted by molar-refractivity contribution is 6.32. The van der Waals surface area contributed by atoms with Gasteiger partial charge in [-0.3, -0.25) is 9.69 Å². The lowest BCUT2D eigenvalue weighted by Crippen LogP contribution is -2.25. The van der Waals surface area contributed by atoms with Crippen molar-refractivity contribution in [3.63, 3.8) is 0 Å². The summed E-state index contributed by atoms with van der Waals surface area (Å²) in [6.45, 7) is 4.34. The fourth-order valence-corrected chi connectivity index (χ4v) is 4.26. The second-order valence-electron chi connectivity index (χ2n) is 8.39. The number of hydrogen-bond donors (Lipinski definition) is 0. The van der Waals surface area contributed by atoms with Gasteiger partial charge in [0.05, 0.1) is 0 Å². The maximum absolute atomic E-state index is 13.5. The van der Waals surface area contributed by atoms with Crippen LogP contribution in [-0.4, -0.2) is 36.9 Å². The van der Waals surface area contributed by atoms with Crippen LogP contribution in [0.2, 0.25) is 0 Å². The molecule has 5 heteroatoms. The molecule has 0 amide bonds. The van der Waals surface area contributed by atoms with E-state index in [1.165, 1.54) is 12.8 Å². The maximum atomic E-state index is 13.5. The number of hydrogen-bond acceptors (Lipinski definition) is 5. The molecule has 2 aliphatic heterocycles. The third kappa shape index (κ3) is 5.16. The van der Waals surface area contributed by atoms with Gasteiger partial charge in [-0.25, -0.2) is 0 Å². The molecule has 1 saturated heterocycles. The van der Waals surface area contributed by atoms with Crippen molar-refractivity contribution >= 4 is 17.4 Å². The van der Waals surface area contributed by atoms with Gasteiger partial charge in [0.25, 0.3) is 0 Å². The van der Waals surface area contributed by atoms with Gasteiger partial charge in [0, 0.05) is 23.2 Å². The summed E-state index contributed by atoms with van der Waals surface area (Å²) in [5.41, 5.74) is 4.04. The van der Waals surface area contributed by atoms with E-state index >= 15 is 0 Å². The molecule has 0 unspecified atom stereocenters. The summed E-state index contributed by atoms with van der Waals surface area (Å²) in [4.78, 5) is 26.1. The van der Waals surface area contributed by atoms with Gasteiger partial charge in [-0.2, -0.15) is 4.89 Å². The van der Waals surface area contributed by atoms with Crippen LogP contribution in [0.4, 0.5) is 0 Å². The molecule has 5 nitrogen and oxygen atoms in total. The summed E-state index contributed by atoms with van der Waals surface area (Å²) in [7, 11) is 0. The number of Topliss-reactive ketones (excluding diaryl/α,β-unsaturated/α-hetero) is 1. The van der Waals surface area contributed by atoms with E-state index in [0.29, 0.717) is 24.4 Å². The Kier molecular flexibility index (Phi) is 6.51. The number of fused-ring (bicyclic) bond motifs is 1. The average molecular weight is 442 g/mol. The quantitative estimate of drug-likeness (QED) is 0.203. The van der Waals surface area contributed by atoms with Crippen molar-refractivity contribution in [2.45, 2.75) is 19.4 Å². The summed E-state index contributed by atoms with van der Waals surface area (Å²) in [6.07, 6.45) is 4.49. The Labute approximate surface area is 194 Å². The Morgan fingerprint density at radius 1 is 0.939 bits per heavy atom. The fourth-order valence-electron chi connectivity index (χ4n) is 4.26. The number of benzene rings is 3. The zero-order valence-corrected chi connectivity index (χ0v) is 18.5. The van der Waals surface area contributed by atoms with Crippen LogP contribution in [0.1, 0.15) is 39.9 Å². The standard InChI is InChI=1S/C28H27NO4/c30-28(23-9-11-25(12-10-23)31-17-16-29-14-4-5-15-29)26(22-6-2-1-3-7-22)19-21-8-13-27-24(18-21)20-32-33-27/h1-3,6-13,18-19H,4-5,14-17,20H2/b26-19+. The molecule has 3 aromatic carbocycles. The molecule has 0 aromatic heterocycles. The Morgan fingerprint density at radius 2 is 1.73 bits per heavy atom. The lowest BCUT2D eigenvalue weighted by Gasteiger charge is -2.15. The molecule has 0 radical (unpaired) electrons. The Bertz CT molecular complexity index is 1130. The molecule has 168 valence electrons. The molecule has 0 saturated carbocycles. The van der Waals surface area contributed by atoms with Crippen molar-refractivity contribution in [3.05, 3.63) is 95.1 Å². The molecule has 0 bridgehead atoms. The van der Waals surface area contributed by atoms with Gasteiger partial charge in [-0.15, -0.1) is 0 Å². The van der Waals surface area contributed by atoms with Crippen molar-refractivity contribution in [2.75, 3.05) is 26.2 Å². The number of allylic oxidation sites excluding steroid dienone is 1. The van der Waals surface area contributed by atoms with Gasteiger partial charge in [0.1, 0.15) is 19.0 Å². The first-order valence-electron chi connectivity index (χ1n) is 11.5. The monoisotopic (exact) mass is 441 g/mol. The fraction of sp³-hybridized carbons (Fsp3) is 0.250. The number of carbonyl (C=O) groups excluding carboxylic acids is 1. The van der Waals surface area contributed by atoms with Crippen LogP contribution in [0.15, 0.2) is 72.8 Å². The molecule has 0 N–H and O–H groups in total. The lowest BCUT2D eigenvalue weighted by molar-refractivity contribution is -0.194. The summed E-state index contributed by atoms with van der Waals surface area (Å²) >= 11 is 0. The van der Waals surface area contributed by atoms with E-state index < -0.39 is 0 Å². The molecule has 0 spiro atoms. The minimum atomic E-state index is -0.0298. The van der Waals surface area contributed by atoms with Crippen LogP contribution in [0, 0.1) is 0 Å². The van der Waals surface area contributed by atoms with Gasteiger partial charge in [0.2, 0.25) is 0 Å². The van der Waals surface area contributed by atoms with E-state index in [2.05, 4.69) is 4.90 Å². The molecule has 33 heavy (non-hydrogen) atoms. The Hall–Kier alpha value is -3.41. The van der Waals surface area contributed by atoms with Crippen molar-refractivity contribution in [3.8, 4) is 11.5 Å². The van der Waals surface area contributed by atoms with Gasteiger partial charge < -0.3 is 9.62 Å². The number of ketones is 1. The van der Waals surface area contributed by atoms with Crippen LogP contribution < -0.4 is 9.62 Å². The number of ether oxygens (including phenoxy) is 1. The van der Waals surface area contributed by atoms with Gasteiger partial charge >= 0.3 is 0 Å². The van der Waals surface area contributed by atoms with E-state index in [1.807, 2.05) is 78.9 Å². The zero-order valence-electron chi connectivity index (χ0n) is 18.5. The van der Waals surface area contributed by atoms with Crippen LogP contribution in [-0.2, 0) is 11.5 Å². The molecule has 5 rings (SSSR count). The van der Waals surface area contributed by atoms with Crippen LogP contribution in [0.5, 0.6) is 11.5 Å². The molecule has 3 aromatic rings. The smallest absolute Gasteiger partial charge is 0.193 e. The molecule has 0 aliphatic carbocycles. The number of carbonyl (C=O) groups is 1. The Balaban J connectivity index is 1.34. The zero-order chi connectivity index (χ0) is 22.5. The summed E-state index contributed by atoms with van der Waals surface area (Å²) in [6, 6.07) is 23.0. The number of likely N-dealkylation sites (tertiary alicyclic amines) is 1. The lowest BCUT2D eigenvalue weighted by atomic mass is 9.94. The predicted octanol–water partition coefficient (Wildman–Crippen LogP) is 5.41. The van der Waals surface area contributed by atoms with E-state index in [9.17, 15) is 4.79 Å². The van der Waals surface area contributed by atoms with E-state index in [0.717, 1.165) is 47.8 Å². The molecular weight excluding hydrogens is 414 g/mol. The third-order valence-electron chi connectivity index (χ3n) is 6.08. The van der Waals surface area contributed by atoms with Gasteiger partial charge in [0.15, 0.2) is 11.5 Å². The highest BCUT2D eigenvalue weighted by atomic mass is 17.2. The second kappa shape index (κ2) is 10.0. The van der Waals surface area contributed by atoms with Crippen molar-refractivity contribution in [1.82, 2.24) is 4.90 Å². The average Bonchev–Trinajstić information content (AvgIpc) is 3.55. The third-order valence-corrected chi connectivity index (χ3v) is 6.08. The molecule has 1 fully saturated rings. The van der Waals surface area contributed by atoms with E-state index in [1.54, 1.807) is 0 Å². The molecule has 0 atom stereocenters. The Morgan fingerprint density at radius 3 is 2.52 bits per heavy atom. The van der Waals surface area contributed by atoms with Crippen LogP contribution in [0.25, 0.3) is 11.6 Å². The van der Waals surface area contributed by atoms with Crippen LogP contribution in [0.3, 0.4) is 0 Å². The first kappa shape index (κ1) is 21.4. The largest absolute Gasteiger partial charge is 0.492 e. The summed E-state index contributed by atoms with van der Waals surface area (Å²) in [5, 5.41) is 0. The van der Waals surface area contributed by atoms with Gasteiger partial charge in [-0.05, 0) is 79.5 Å². The van der Waals surface area contributed by atoms with Crippen molar-refractivity contribution in [1.29, 1.82) is 0 Å². The second-order valence-corrected chi connectivity index (χ2v) is 8.39. The molecular formula is C28H27NO4. The maximum Gasteiger partial charge on any atom is 0.193 e. The topological polar surface area (TPSA) is 48.0 Å². The van der Waals surface area contributed by atoms with Gasteiger partial charge in [-0.1, -0.05) is 36.4 Å². The normalized spacial score (nSPS) is 15.8. The van der Waals surface area contributed by atoms with Crippen LogP contribution >= 0.6 is 0 Å². The predicted molar refractivity (Wildman–Crippen MR) is 128 cm³/mol. The van der Waals surface area contributed by atoms with Crippen molar-refractivity contribution < 1.29 is 19.3 Å². The highest BCUT2D eigenvalue weighted by Crippen LogP contribution is 2.30. The SMILES string of the molecule is O=C(/C(=C/c1ccc2c(c1)COO2)c1ccccc1)c1ccc(OCCN2CCCC2)cc1. The van der Waals surface area contributed by atoms with E-state index in [4.69, 9.17) is 14.5 Å². The number of nitrogens with zero attached hydrogens (tertiary/aromatic N) is 1. The molecule has 2 aliphatic rings. The van der Waals surface area contributed by atoms with E-state index in [-0.39, 0.29) is 5.78 Å². The highest BCUT2D eigenvalue weighted by Gasteiger charge is 2.17. The van der Waals surface area contributed by atoms with Crippen molar-refractivity contribution in [2.24, 2.45) is 0 Å². The molecule has 2 heterocycles. The number of rotatable bonds is 8. The first-order valence-corrected chi connectivity index (χ1v) is 11.5. The minimum absolute atomic E-state index is 0.0298. The summed E-state index contributed by atoms with van der Waals surface area (Å²) < 4.78 is 5.89. The summed E-state index contributed by atoms with van der Waals surface area (Å²) in [5.74, 6) is 1.48.